The van der Waals surface area contributed by atoms with Gasteiger partial charge in [-0.3, -0.25) is 4.79 Å². The minimum Gasteiger partial charge on any atom is -0.496 e. The summed E-state index contributed by atoms with van der Waals surface area (Å²) in [6.45, 7) is 11.4. The quantitative estimate of drug-likeness (QED) is 0.801. The first-order valence-electron chi connectivity index (χ1n) is 7.28. The van der Waals surface area contributed by atoms with E-state index in [9.17, 15) is 4.79 Å². The number of nitrogens with zero attached hydrogens (tertiary/aromatic N) is 1. The molecule has 0 saturated carbocycles. The summed E-state index contributed by atoms with van der Waals surface area (Å²) < 4.78 is 11.5. The molecular formula is C17H25NO3. The van der Waals surface area contributed by atoms with Gasteiger partial charge in [-0.2, -0.15) is 0 Å². The number of hydrogen-bond donors (Lipinski definition) is 0. The van der Waals surface area contributed by atoms with E-state index in [2.05, 4.69) is 32.6 Å². The fraction of sp³-hybridized carbons (Fsp3) is 0.588. The van der Waals surface area contributed by atoms with Crippen molar-refractivity contribution < 1.29 is 14.3 Å². The van der Waals surface area contributed by atoms with Crippen molar-refractivity contribution in [1.82, 2.24) is 0 Å². The van der Waals surface area contributed by atoms with Gasteiger partial charge in [0.25, 0.3) is 0 Å². The molecule has 0 atom stereocenters. The molecule has 2 rings (SSSR count). The van der Waals surface area contributed by atoms with Crippen LogP contribution in [0, 0.1) is 0 Å². The predicted octanol–water partition coefficient (Wildman–Crippen LogP) is 3.29. The SMILES string of the molecule is COc1cccc(N2CC(C)(C)OC(C)(C)C2)c1C(C)=O. The number of morpholine rings is 1. The van der Waals surface area contributed by atoms with E-state index in [-0.39, 0.29) is 17.0 Å². The van der Waals surface area contributed by atoms with Gasteiger partial charge in [0.1, 0.15) is 5.75 Å². The number of hydrogen-bond acceptors (Lipinski definition) is 4. The second-order valence-electron chi connectivity index (χ2n) is 6.89. The number of carbonyl (C=O) groups is 1. The number of benzene rings is 1. The number of anilines is 1. The number of ether oxygens (including phenoxy) is 2. The van der Waals surface area contributed by atoms with E-state index < -0.39 is 0 Å². The Morgan fingerprint density at radius 2 is 1.76 bits per heavy atom. The highest BCUT2D eigenvalue weighted by Crippen LogP contribution is 2.36. The van der Waals surface area contributed by atoms with Gasteiger partial charge in [0, 0.05) is 13.1 Å². The van der Waals surface area contributed by atoms with Gasteiger partial charge in [0.15, 0.2) is 5.78 Å². The van der Waals surface area contributed by atoms with Gasteiger partial charge in [-0.1, -0.05) is 6.07 Å². The summed E-state index contributed by atoms with van der Waals surface area (Å²) in [6.07, 6.45) is 0. The van der Waals surface area contributed by atoms with Crippen LogP contribution in [0.3, 0.4) is 0 Å². The van der Waals surface area contributed by atoms with Crippen molar-refractivity contribution in [2.45, 2.75) is 45.8 Å². The monoisotopic (exact) mass is 291 g/mol. The molecule has 0 radical (unpaired) electrons. The average molecular weight is 291 g/mol. The molecule has 116 valence electrons. The number of Topliss-reactive ketones (excluding diaryl/α,β-unsaturated/α-hetero) is 1. The van der Waals surface area contributed by atoms with Crippen molar-refractivity contribution in [3.63, 3.8) is 0 Å². The lowest BCUT2D eigenvalue weighted by molar-refractivity contribution is -0.133. The Labute approximate surface area is 127 Å². The van der Waals surface area contributed by atoms with Crippen molar-refractivity contribution in [3.05, 3.63) is 23.8 Å². The number of ketones is 1. The van der Waals surface area contributed by atoms with Gasteiger partial charge >= 0.3 is 0 Å². The highest BCUT2D eigenvalue weighted by Gasteiger charge is 2.39. The van der Waals surface area contributed by atoms with Crippen LogP contribution in [0.25, 0.3) is 0 Å². The molecule has 21 heavy (non-hydrogen) atoms. The lowest BCUT2D eigenvalue weighted by atomic mass is 9.96. The Bertz CT molecular complexity index is 533. The molecule has 0 unspecified atom stereocenters. The lowest BCUT2D eigenvalue weighted by Gasteiger charge is -2.48. The molecule has 0 spiro atoms. The molecule has 4 nitrogen and oxygen atoms in total. The Hall–Kier alpha value is -1.55. The van der Waals surface area contributed by atoms with Crippen molar-refractivity contribution in [2.24, 2.45) is 0 Å². The summed E-state index contributed by atoms with van der Waals surface area (Å²) >= 11 is 0. The Morgan fingerprint density at radius 3 is 2.24 bits per heavy atom. The lowest BCUT2D eigenvalue weighted by Crippen LogP contribution is -2.57. The van der Waals surface area contributed by atoms with Gasteiger partial charge in [-0.15, -0.1) is 0 Å². The molecule has 1 saturated heterocycles. The van der Waals surface area contributed by atoms with Crippen LogP contribution in [0.2, 0.25) is 0 Å². The third-order valence-corrected chi connectivity index (χ3v) is 3.61. The van der Waals surface area contributed by atoms with E-state index in [0.29, 0.717) is 11.3 Å². The summed E-state index contributed by atoms with van der Waals surface area (Å²) in [5.74, 6) is 0.645. The van der Waals surface area contributed by atoms with Crippen molar-refractivity contribution >= 4 is 11.5 Å². The summed E-state index contributed by atoms with van der Waals surface area (Å²) in [5.41, 5.74) is 1.04. The third-order valence-electron chi connectivity index (χ3n) is 3.61. The van der Waals surface area contributed by atoms with E-state index in [1.807, 2.05) is 18.2 Å². The van der Waals surface area contributed by atoms with Gasteiger partial charge < -0.3 is 14.4 Å². The van der Waals surface area contributed by atoms with Crippen LogP contribution < -0.4 is 9.64 Å². The van der Waals surface area contributed by atoms with Gasteiger partial charge in [0.2, 0.25) is 0 Å². The van der Waals surface area contributed by atoms with Crippen molar-refractivity contribution in [2.75, 3.05) is 25.1 Å². The molecule has 1 aromatic rings. The van der Waals surface area contributed by atoms with E-state index in [0.717, 1.165) is 18.8 Å². The number of methoxy groups -OCH3 is 1. The molecular weight excluding hydrogens is 266 g/mol. The zero-order valence-corrected chi connectivity index (χ0v) is 13.8. The molecule has 1 aliphatic rings. The average Bonchev–Trinajstić information content (AvgIpc) is 2.33. The van der Waals surface area contributed by atoms with E-state index in [1.54, 1.807) is 14.0 Å². The van der Waals surface area contributed by atoms with Crippen LogP contribution in [0.15, 0.2) is 18.2 Å². The molecule has 0 N–H and O–H groups in total. The summed E-state index contributed by atoms with van der Waals surface area (Å²) in [7, 11) is 1.60. The number of carbonyl (C=O) groups excluding carboxylic acids is 1. The second-order valence-corrected chi connectivity index (χ2v) is 6.89. The van der Waals surface area contributed by atoms with Crippen LogP contribution in [0.5, 0.6) is 5.75 Å². The molecule has 1 aromatic carbocycles. The van der Waals surface area contributed by atoms with Crippen LogP contribution in [-0.4, -0.2) is 37.2 Å². The normalized spacial score (nSPS) is 20.2. The third kappa shape index (κ3) is 3.38. The first kappa shape index (κ1) is 15.8. The predicted molar refractivity (Wildman–Crippen MR) is 84.5 cm³/mol. The Kier molecular flexibility index (Phi) is 4.02. The van der Waals surface area contributed by atoms with Crippen LogP contribution in [0.4, 0.5) is 5.69 Å². The molecule has 0 bridgehead atoms. The smallest absolute Gasteiger partial charge is 0.165 e. The highest BCUT2D eigenvalue weighted by molar-refractivity contribution is 6.02. The van der Waals surface area contributed by atoms with Gasteiger partial charge in [-0.25, -0.2) is 0 Å². The maximum absolute atomic E-state index is 12.1. The standard InChI is InChI=1S/C17H25NO3/c1-12(19)15-13(8-7-9-14(15)20-6)18-10-16(2,3)21-17(4,5)11-18/h7-9H,10-11H2,1-6H3. The molecule has 0 aromatic heterocycles. The van der Waals surface area contributed by atoms with Crippen LogP contribution in [-0.2, 0) is 4.74 Å². The van der Waals surface area contributed by atoms with Crippen LogP contribution >= 0.6 is 0 Å². The Balaban J connectivity index is 2.48. The summed E-state index contributed by atoms with van der Waals surface area (Å²) in [5, 5.41) is 0. The molecule has 1 heterocycles. The van der Waals surface area contributed by atoms with Crippen LogP contribution in [0.1, 0.15) is 45.0 Å². The zero-order valence-electron chi connectivity index (χ0n) is 13.8. The van der Waals surface area contributed by atoms with E-state index >= 15 is 0 Å². The Morgan fingerprint density at radius 1 is 1.19 bits per heavy atom. The highest BCUT2D eigenvalue weighted by atomic mass is 16.5. The van der Waals surface area contributed by atoms with Crippen molar-refractivity contribution in [1.29, 1.82) is 0 Å². The fourth-order valence-corrected chi connectivity index (χ4v) is 3.27. The topological polar surface area (TPSA) is 38.8 Å². The largest absolute Gasteiger partial charge is 0.496 e. The first-order valence-corrected chi connectivity index (χ1v) is 7.28. The molecule has 0 amide bonds. The zero-order chi connectivity index (χ0) is 15.8. The molecule has 4 heteroatoms. The number of rotatable bonds is 3. The minimum absolute atomic E-state index is 0.0181. The van der Waals surface area contributed by atoms with Gasteiger partial charge in [0.05, 0.1) is 29.6 Å². The first-order chi connectivity index (χ1) is 9.65. The summed E-state index contributed by atoms with van der Waals surface area (Å²) in [6, 6.07) is 5.74. The maximum Gasteiger partial charge on any atom is 0.165 e. The second kappa shape index (κ2) is 5.34. The van der Waals surface area contributed by atoms with E-state index in [1.165, 1.54) is 0 Å². The molecule has 1 fully saturated rings. The van der Waals surface area contributed by atoms with Crippen molar-refractivity contribution in [3.8, 4) is 5.75 Å². The molecule has 0 aliphatic carbocycles. The van der Waals surface area contributed by atoms with Gasteiger partial charge in [-0.05, 0) is 46.8 Å². The minimum atomic E-state index is -0.265. The summed E-state index contributed by atoms with van der Waals surface area (Å²) in [4.78, 5) is 14.3. The van der Waals surface area contributed by atoms with E-state index in [4.69, 9.17) is 9.47 Å². The maximum atomic E-state index is 12.1. The fourth-order valence-electron chi connectivity index (χ4n) is 3.27. The molecule has 1 aliphatic heterocycles.